The van der Waals surface area contributed by atoms with Crippen LogP contribution in [0.4, 0.5) is 18.0 Å². The highest BCUT2D eigenvalue weighted by Gasteiger charge is 2.66. The Bertz CT molecular complexity index is 966. The van der Waals surface area contributed by atoms with Gasteiger partial charge in [-0.1, -0.05) is 59.1 Å². The summed E-state index contributed by atoms with van der Waals surface area (Å²) in [5.41, 5.74) is -2.97. The fourth-order valence-corrected chi connectivity index (χ4v) is 3.53. The summed E-state index contributed by atoms with van der Waals surface area (Å²) in [5.74, 6) is -3.13. The van der Waals surface area contributed by atoms with Crippen molar-refractivity contribution in [2.24, 2.45) is 5.92 Å². The molecule has 1 heterocycles. The van der Waals surface area contributed by atoms with Crippen molar-refractivity contribution in [1.29, 1.82) is 0 Å². The molecule has 2 aromatic carbocycles. The Balaban J connectivity index is 2.17. The molecular formula is C19H15Cl2F3N2O3. The molecule has 0 saturated carbocycles. The van der Waals surface area contributed by atoms with E-state index in [0.29, 0.717) is 0 Å². The number of carbonyl (C=O) groups excluding carboxylic acids is 2. The molecule has 1 saturated heterocycles. The van der Waals surface area contributed by atoms with Gasteiger partial charge in [0.2, 0.25) is 5.72 Å². The molecular weight excluding hydrogens is 432 g/mol. The Labute approximate surface area is 173 Å². The van der Waals surface area contributed by atoms with E-state index in [9.17, 15) is 27.9 Å². The van der Waals surface area contributed by atoms with Gasteiger partial charge in [-0.15, -0.1) is 0 Å². The molecule has 0 radical (unpaired) electrons. The van der Waals surface area contributed by atoms with Gasteiger partial charge >= 0.3 is 12.2 Å². The first-order chi connectivity index (χ1) is 13.4. The normalized spacial score (nSPS) is 24.6. The van der Waals surface area contributed by atoms with E-state index < -0.39 is 35.7 Å². The molecule has 1 aliphatic rings. The molecule has 5 nitrogen and oxygen atoms in total. The number of rotatable bonds is 3. The van der Waals surface area contributed by atoms with Crippen LogP contribution in [0, 0.1) is 12.8 Å². The van der Waals surface area contributed by atoms with Crippen LogP contribution in [0.25, 0.3) is 0 Å². The molecule has 1 aliphatic heterocycles. The van der Waals surface area contributed by atoms with E-state index >= 15 is 0 Å². The third-order valence-corrected chi connectivity index (χ3v) is 5.47. The van der Waals surface area contributed by atoms with Gasteiger partial charge in [0.05, 0.1) is 16.1 Å². The lowest BCUT2D eigenvalue weighted by atomic mass is 9.77. The van der Waals surface area contributed by atoms with E-state index in [4.69, 9.17) is 23.2 Å². The first-order valence-corrected chi connectivity index (χ1v) is 9.13. The number of hydrogen-bond acceptors (Lipinski definition) is 3. The first kappa shape index (κ1) is 21.4. The Hall–Kier alpha value is -2.29. The maximum Gasteiger partial charge on any atom is 0.437 e. The van der Waals surface area contributed by atoms with Crippen LogP contribution in [0.3, 0.4) is 0 Å². The largest absolute Gasteiger partial charge is 0.437 e. The van der Waals surface area contributed by atoms with Crippen LogP contribution in [0.2, 0.25) is 10.0 Å². The van der Waals surface area contributed by atoms with Gasteiger partial charge in [0.25, 0.3) is 0 Å². The number of aryl methyl sites for hydroxylation is 1. The summed E-state index contributed by atoms with van der Waals surface area (Å²) in [4.78, 5) is 25.1. The summed E-state index contributed by atoms with van der Waals surface area (Å²) in [7, 11) is 0. The summed E-state index contributed by atoms with van der Waals surface area (Å²) in [6, 6.07) is 6.93. The zero-order valence-electron chi connectivity index (χ0n) is 14.8. The molecule has 3 atom stereocenters. The third kappa shape index (κ3) is 3.92. The van der Waals surface area contributed by atoms with Crippen LogP contribution >= 0.6 is 23.2 Å². The lowest BCUT2D eigenvalue weighted by molar-refractivity contribution is -0.287. The Morgan fingerprint density at radius 3 is 2.28 bits per heavy atom. The molecule has 0 spiro atoms. The van der Waals surface area contributed by atoms with Crippen LogP contribution < -0.4 is 10.6 Å². The number of Topliss-reactive ketones (excluding diaryl/α,β-unsaturated/α-hetero) is 1. The van der Waals surface area contributed by atoms with Gasteiger partial charge in [-0.25, -0.2) is 4.79 Å². The molecule has 2 amide bonds. The van der Waals surface area contributed by atoms with Crippen molar-refractivity contribution < 1.29 is 27.9 Å². The van der Waals surface area contributed by atoms with E-state index in [1.165, 1.54) is 35.6 Å². The van der Waals surface area contributed by atoms with E-state index in [-0.39, 0.29) is 21.2 Å². The highest BCUT2D eigenvalue weighted by molar-refractivity contribution is 6.42. The van der Waals surface area contributed by atoms with Crippen LogP contribution in [0.1, 0.15) is 27.5 Å². The lowest BCUT2D eigenvalue weighted by Gasteiger charge is -2.45. The average molecular weight is 447 g/mol. The molecule has 29 heavy (non-hydrogen) atoms. The van der Waals surface area contributed by atoms with Crippen LogP contribution in [0.5, 0.6) is 0 Å². The van der Waals surface area contributed by atoms with Crippen LogP contribution in [0.15, 0.2) is 42.5 Å². The molecule has 3 rings (SSSR count). The first-order valence-electron chi connectivity index (χ1n) is 8.37. The topological polar surface area (TPSA) is 78.4 Å². The van der Waals surface area contributed by atoms with Crippen molar-refractivity contribution >= 4 is 35.0 Å². The van der Waals surface area contributed by atoms with Crippen molar-refractivity contribution in [3.63, 3.8) is 0 Å². The third-order valence-electron chi connectivity index (χ3n) is 4.73. The summed E-state index contributed by atoms with van der Waals surface area (Å²) in [5, 5.41) is 14.4. The smallest absolute Gasteiger partial charge is 0.363 e. The predicted octanol–water partition coefficient (Wildman–Crippen LogP) is 4.41. The fraction of sp³-hybridized carbons (Fsp3) is 0.263. The number of alkyl halides is 3. The van der Waals surface area contributed by atoms with Gasteiger partial charge in [0, 0.05) is 5.56 Å². The minimum absolute atomic E-state index is 0.0223. The lowest BCUT2D eigenvalue weighted by Crippen LogP contribution is -2.72. The predicted molar refractivity (Wildman–Crippen MR) is 101 cm³/mol. The number of aliphatic hydroxyl groups is 1. The number of nitrogens with one attached hydrogen (secondary N) is 2. The summed E-state index contributed by atoms with van der Waals surface area (Å²) in [6.07, 6.45) is -5.33. The van der Waals surface area contributed by atoms with Crippen molar-refractivity contribution in [1.82, 2.24) is 10.6 Å². The van der Waals surface area contributed by atoms with Gasteiger partial charge in [0.15, 0.2) is 5.78 Å². The second kappa shape index (κ2) is 7.51. The zero-order chi connectivity index (χ0) is 21.6. The van der Waals surface area contributed by atoms with Gasteiger partial charge in [0.1, 0.15) is 5.92 Å². The molecule has 0 aromatic heterocycles. The van der Waals surface area contributed by atoms with E-state index in [0.717, 1.165) is 5.56 Å². The summed E-state index contributed by atoms with van der Waals surface area (Å²) < 4.78 is 41.5. The molecule has 1 fully saturated rings. The number of amides is 2. The molecule has 10 heteroatoms. The van der Waals surface area contributed by atoms with Crippen molar-refractivity contribution in [2.45, 2.75) is 24.9 Å². The SMILES string of the molecule is Cc1ccc(C(=O)[C@H]2[C@@H](c3ccc(Cl)c(Cl)c3)NC(=O)N[C@]2(O)C(F)(F)F)cc1. The summed E-state index contributed by atoms with van der Waals surface area (Å²) >= 11 is 11.8. The Morgan fingerprint density at radius 2 is 1.72 bits per heavy atom. The van der Waals surface area contributed by atoms with Crippen molar-refractivity contribution in [3.05, 3.63) is 69.2 Å². The average Bonchev–Trinajstić information content (AvgIpc) is 2.62. The monoisotopic (exact) mass is 446 g/mol. The Morgan fingerprint density at radius 1 is 1.10 bits per heavy atom. The maximum atomic E-state index is 13.8. The molecule has 154 valence electrons. The van der Waals surface area contributed by atoms with Crippen molar-refractivity contribution in [2.75, 3.05) is 0 Å². The minimum Gasteiger partial charge on any atom is -0.363 e. The maximum absolute atomic E-state index is 13.8. The standard InChI is InChI=1S/C19H15Cl2F3N2O3/c1-9-2-4-10(5-3-9)16(27)14-15(11-6-7-12(20)13(21)8-11)25-17(28)26-18(14,29)19(22,23)24/h2-8,14-15,29H,1H3,(H2,25,26,28)/t14-,15-,18-/m1/s1. The Kier molecular flexibility index (Phi) is 5.55. The van der Waals surface area contributed by atoms with E-state index in [1.54, 1.807) is 19.1 Å². The highest BCUT2D eigenvalue weighted by Crippen LogP contribution is 2.44. The quantitative estimate of drug-likeness (QED) is 0.611. The number of halogens is 5. The molecule has 2 aromatic rings. The minimum atomic E-state index is -5.33. The molecule has 0 bridgehead atoms. The van der Waals surface area contributed by atoms with Gasteiger partial charge < -0.3 is 15.7 Å². The fourth-order valence-electron chi connectivity index (χ4n) is 3.22. The van der Waals surface area contributed by atoms with Crippen LogP contribution in [-0.4, -0.2) is 28.8 Å². The highest BCUT2D eigenvalue weighted by atomic mass is 35.5. The van der Waals surface area contributed by atoms with E-state index in [2.05, 4.69) is 5.32 Å². The molecule has 0 unspecified atom stereocenters. The number of benzene rings is 2. The second-order valence-corrected chi connectivity index (χ2v) is 7.54. The number of ketones is 1. The zero-order valence-corrected chi connectivity index (χ0v) is 16.4. The van der Waals surface area contributed by atoms with Gasteiger partial charge in [-0.2, -0.15) is 13.2 Å². The van der Waals surface area contributed by atoms with Gasteiger partial charge in [-0.05, 0) is 24.6 Å². The van der Waals surface area contributed by atoms with Gasteiger partial charge in [-0.3, -0.25) is 4.79 Å². The van der Waals surface area contributed by atoms with Crippen LogP contribution in [-0.2, 0) is 0 Å². The number of urea groups is 1. The second-order valence-electron chi connectivity index (χ2n) is 6.72. The van der Waals surface area contributed by atoms with E-state index in [1.807, 2.05) is 0 Å². The molecule has 3 N–H and O–H groups in total. The summed E-state index contributed by atoms with van der Waals surface area (Å²) in [6.45, 7) is 1.75. The number of hydrogen-bond donors (Lipinski definition) is 3. The number of carbonyl (C=O) groups is 2. The molecule has 0 aliphatic carbocycles. The van der Waals surface area contributed by atoms with Crippen molar-refractivity contribution in [3.8, 4) is 0 Å².